The van der Waals surface area contributed by atoms with Gasteiger partial charge in [0.05, 0.1) is 5.52 Å². The topological polar surface area (TPSA) is 57.8 Å². The fourth-order valence-electron chi connectivity index (χ4n) is 1.11. The van der Waals surface area contributed by atoms with Gasteiger partial charge < -0.3 is 5.32 Å². The quantitative estimate of drug-likeness (QED) is 0.645. The normalized spacial score (nSPS) is 10.0. The zero-order chi connectivity index (χ0) is 8.39. The molecule has 0 spiro atoms. The average Bonchev–Trinajstić information content (AvgIpc) is 2.50. The maximum Gasteiger partial charge on any atom is 0.315 e. The van der Waals surface area contributed by atoms with Crippen LogP contribution in [0, 0.1) is 0 Å². The van der Waals surface area contributed by atoms with Gasteiger partial charge in [-0.1, -0.05) is 12.1 Å². The van der Waals surface area contributed by atoms with E-state index in [4.69, 9.17) is 0 Å². The third-order valence-electron chi connectivity index (χ3n) is 1.64. The van der Waals surface area contributed by atoms with E-state index in [1.807, 2.05) is 24.3 Å². The molecule has 0 aliphatic rings. The summed E-state index contributed by atoms with van der Waals surface area (Å²) in [5.41, 5.74) is 0.898. The van der Waals surface area contributed by atoms with E-state index in [2.05, 4.69) is 15.5 Å². The van der Waals surface area contributed by atoms with Gasteiger partial charge >= 0.3 is 6.41 Å². The highest BCUT2D eigenvalue weighted by Gasteiger charge is 2.01. The van der Waals surface area contributed by atoms with Crippen molar-refractivity contribution in [1.82, 2.24) is 10.2 Å². The molecule has 0 saturated heterocycles. The molecule has 4 heteroatoms. The van der Waals surface area contributed by atoms with Gasteiger partial charge in [-0.3, -0.25) is 9.89 Å². The number of aromatic nitrogens is 2. The molecule has 0 atom stereocenters. The lowest BCUT2D eigenvalue weighted by atomic mass is 10.2. The fourth-order valence-corrected chi connectivity index (χ4v) is 1.11. The van der Waals surface area contributed by atoms with E-state index in [9.17, 15) is 4.79 Å². The van der Waals surface area contributed by atoms with E-state index >= 15 is 0 Å². The first-order chi connectivity index (χ1) is 5.92. The standard InChI is InChI=1S/C8H6N3O/c12-5-9-8-6-3-1-2-4-7(6)10-11-8/h1-4H,(H2,9,10,11,12). The molecule has 4 nitrogen and oxygen atoms in total. The van der Waals surface area contributed by atoms with E-state index in [1.165, 1.54) is 0 Å². The molecular formula is C8H6N3O. The SMILES string of the molecule is O=[C]Nc1n[nH]c2ccccc12. The average molecular weight is 160 g/mol. The second kappa shape index (κ2) is 2.65. The van der Waals surface area contributed by atoms with Gasteiger partial charge in [-0.25, -0.2) is 0 Å². The lowest BCUT2D eigenvalue weighted by Gasteiger charge is -1.89. The first kappa shape index (κ1) is 6.84. The third-order valence-corrected chi connectivity index (χ3v) is 1.64. The lowest BCUT2D eigenvalue weighted by molar-refractivity contribution is 0.561. The Hall–Kier alpha value is -1.84. The smallest absolute Gasteiger partial charge is 0.300 e. The van der Waals surface area contributed by atoms with Crippen molar-refractivity contribution in [2.24, 2.45) is 0 Å². The monoisotopic (exact) mass is 160 g/mol. The van der Waals surface area contributed by atoms with Crippen LogP contribution in [0.5, 0.6) is 0 Å². The number of nitrogens with zero attached hydrogens (tertiary/aromatic N) is 1. The van der Waals surface area contributed by atoms with Crippen molar-refractivity contribution in [1.29, 1.82) is 0 Å². The maximum atomic E-state index is 10.0. The van der Waals surface area contributed by atoms with Gasteiger partial charge in [0.1, 0.15) is 0 Å². The van der Waals surface area contributed by atoms with Crippen molar-refractivity contribution in [3.8, 4) is 0 Å². The molecule has 0 saturated carbocycles. The number of nitrogens with one attached hydrogen (secondary N) is 2. The second-order valence-corrected chi connectivity index (χ2v) is 2.34. The van der Waals surface area contributed by atoms with Crippen LogP contribution in [0.4, 0.5) is 5.82 Å². The number of H-pyrrole nitrogens is 1. The first-order valence-corrected chi connectivity index (χ1v) is 3.48. The van der Waals surface area contributed by atoms with Gasteiger partial charge in [0.15, 0.2) is 5.82 Å². The van der Waals surface area contributed by atoms with Crippen LogP contribution >= 0.6 is 0 Å². The minimum Gasteiger partial charge on any atom is -0.300 e. The van der Waals surface area contributed by atoms with Gasteiger partial charge in [-0.2, -0.15) is 5.10 Å². The molecule has 1 heterocycles. The molecule has 2 aromatic rings. The zero-order valence-corrected chi connectivity index (χ0v) is 6.16. The maximum absolute atomic E-state index is 10.0. The van der Waals surface area contributed by atoms with Gasteiger partial charge in [0.2, 0.25) is 0 Å². The summed E-state index contributed by atoms with van der Waals surface area (Å²) in [7, 11) is 0. The highest BCUT2D eigenvalue weighted by molar-refractivity contribution is 5.93. The highest BCUT2D eigenvalue weighted by Crippen LogP contribution is 2.18. The Balaban J connectivity index is 2.62. The minimum absolute atomic E-state index is 0.514. The van der Waals surface area contributed by atoms with Crippen molar-refractivity contribution >= 4 is 23.1 Å². The van der Waals surface area contributed by atoms with Crippen LogP contribution in [0.25, 0.3) is 10.9 Å². The summed E-state index contributed by atoms with van der Waals surface area (Å²) in [5, 5.41) is 9.94. The Morgan fingerprint density at radius 3 is 3.08 bits per heavy atom. The molecule has 1 aromatic heterocycles. The van der Waals surface area contributed by atoms with E-state index in [1.54, 1.807) is 6.41 Å². The fraction of sp³-hybridized carbons (Fsp3) is 0. The summed E-state index contributed by atoms with van der Waals surface area (Å²) in [4.78, 5) is 10.0. The number of anilines is 1. The first-order valence-electron chi connectivity index (χ1n) is 3.48. The van der Waals surface area contributed by atoms with E-state index in [0.717, 1.165) is 10.9 Å². The predicted octanol–water partition coefficient (Wildman–Crippen LogP) is 1.04. The molecule has 1 radical (unpaired) electrons. The van der Waals surface area contributed by atoms with Crippen molar-refractivity contribution in [3.05, 3.63) is 24.3 Å². The number of hydrogen-bond donors (Lipinski definition) is 2. The van der Waals surface area contributed by atoms with Crippen LogP contribution in [0.2, 0.25) is 0 Å². The molecule has 0 aliphatic carbocycles. The Kier molecular flexibility index (Phi) is 1.51. The Morgan fingerprint density at radius 1 is 1.42 bits per heavy atom. The third kappa shape index (κ3) is 0.934. The van der Waals surface area contributed by atoms with Crippen LogP contribution in [-0.2, 0) is 4.79 Å². The second-order valence-electron chi connectivity index (χ2n) is 2.34. The number of para-hydroxylation sites is 1. The van der Waals surface area contributed by atoms with Crippen LogP contribution < -0.4 is 5.32 Å². The number of fused-ring (bicyclic) bond motifs is 1. The molecule has 0 unspecified atom stereocenters. The number of carbonyl (C=O) groups excluding carboxylic acids is 1. The summed E-state index contributed by atoms with van der Waals surface area (Å²) < 4.78 is 0. The Bertz CT molecular complexity index is 407. The summed E-state index contributed by atoms with van der Waals surface area (Å²) in [5.74, 6) is 0.514. The van der Waals surface area contributed by atoms with Crippen molar-refractivity contribution in [2.75, 3.05) is 5.32 Å². The van der Waals surface area contributed by atoms with Gasteiger partial charge in [-0.15, -0.1) is 0 Å². The molecular weight excluding hydrogens is 154 g/mol. The summed E-state index contributed by atoms with van der Waals surface area (Å²) in [6.45, 7) is 0. The minimum atomic E-state index is 0.514. The Morgan fingerprint density at radius 2 is 2.25 bits per heavy atom. The highest BCUT2D eigenvalue weighted by atomic mass is 16.1. The number of benzene rings is 1. The molecule has 2 rings (SSSR count). The van der Waals surface area contributed by atoms with Crippen molar-refractivity contribution in [3.63, 3.8) is 0 Å². The molecule has 59 valence electrons. The molecule has 0 aliphatic heterocycles. The van der Waals surface area contributed by atoms with E-state index in [-0.39, 0.29) is 0 Å². The predicted molar refractivity (Wildman–Crippen MR) is 45.4 cm³/mol. The van der Waals surface area contributed by atoms with Gasteiger partial charge in [-0.05, 0) is 12.1 Å². The zero-order valence-electron chi connectivity index (χ0n) is 6.16. The number of hydrogen-bond acceptors (Lipinski definition) is 2. The number of amides is 1. The van der Waals surface area contributed by atoms with E-state index in [0.29, 0.717) is 5.82 Å². The van der Waals surface area contributed by atoms with E-state index < -0.39 is 0 Å². The van der Waals surface area contributed by atoms with Gasteiger partial charge in [0, 0.05) is 5.39 Å². The van der Waals surface area contributed by atoms with Crippen molar-refractivity contribution < 1.29 is 4.79 Å². The largest absolute Gasteiger partial charge is 0.315 e. The van der Waals surface area contributed by atoms with Gasteiger partial charge in [0.25, 0.3) is 0 Å². The molecule has 2 N–H and O–H groups in total. The lowest BCUT2D eigenvalue weighted by Crippen LogP contribution is -1.93. The van der Waals surface area contributed by atoms with Crippen LogP contribution in [0.3, 0.4) is 0 Å². The number of rotatable bonds is 2. The molecule has 1 amide bonds. The Labute approximate surface area is 68.6 Å². The molecule has 1 aromatic carbocycles. The van der Waals surface area contributed by atoms with Crippen LogP contribution in [0.1, 0.15) is 0 Å². The molecule has 0 bridgehead atoms. The molecule has 12 heavy (non-hydrogen) atoms. The van der Waals surface area contributed by atoms with Crippen LogP contribution in [-0.4, -0.2) is 16.6 Å². The molecule has 0 fully saturated rings. The number of aromatic amines is 1. The van der Waals surface area contributed by atoms with Crippen LogP contribution in [0.15, 0.2) is 24.3 Å². The van der Waals surface area contributed by atoms with Crippen molar-refractivity contribution in [2.45, 2.75) is 0 Å². The summed E-state index contributed by atoms with van der Waals surface area (Å²) in [6, 6.07) is 7.54. The summed E-state index contributed by atoms with van der Waals surface area (Å²) >= 11 is 0. The summed E-state index contributed by atoms with van der Waals surface area (Å²) in [6.07, 6.45) is 1.58.